The summed E-state index contributed by atoms with van der Waals surface area (Å²) in [5.74, 6) is 0.0152. The Morgan fingerprint density at radius 1 is 0.906 bits per heavy atom. The molecule has 0 unspecified atom stereocenters. The van der Waals surface area contributed by atoms with Crippen LogP contribution in [0.1, 0.15) is 30.5 Å². The van der Waals surface area contributed by atoms with Gasteiger partial charge in [0.05, 0.1) is 6.54 Å². The average Bonchev–Trinajstić information content (AvgIpc) is 2.80. The van der Waals surface area contributed by atoms with Crippen molar-refractivity contribution in [1.29, 1.82) is 0 Å². The van der Waals surface area contributed by atoms with Crippen molar-refractivity contribution < 1.29 is 9.21 Å². The summed E-state index contributed by atoms with van der Waals surface area (Å²) in [6.45, 7) is 8.69. The third kappa shape index (κ3) is 5.44. The Bertz CT molecular complexity index is 1130. The molecule has 2 heterocycles. The molecule has 1 amide bonds. The first kappa shape index (κ1) is 22.2. The molecule has 0 saturated carbocycles. The van der Waals surface area contributed by atoms with E-state index in [1.807, 2.05) is 36.4 Å². The summed E-state index contributed by atoms with van der Waals surface area (Å²) < 4.78 is 5.39. The SMILES string of the molecule is CCc1ccc(NC(=O)CN2CCN(Cc3cc(=O)oc4ccc(CC)cc34)CC2)cc1. The largest absolute Gasteiger partial charge is 0.423 e. The van der Waals surface area contributed by atoms with Gasteiger partial charge in [0.1, 0.15) is 5.58 Å². The minimum atomic E-state index is -0.306. The van der Waals surface area contributed by atoms with E-state index in [0.29, 0.717) is 18.7 Å². The maximum atomic E-state index is 12.4. The number of nitrogens with one attached hydrogen (secondary N) is 1. The number of hydrogen-bond acceptors (Lipinski definition) is 5. The Kier molecular flexibility index (Phi) is 7.02. The number of piperazine rings is 1. The van der Waals surface area contributed by atoms with Gasteiger partial charge in [-0.2, -0.15) is 0 Å². The average molecular weight is 434 g/mol. The van der Waals surface area contributed by atoms with Crippen molar-refractivity contribution in [2.75, 3.05) is 38.0 Å². The smallest absolute Gasteiger partial charge is 0.336 e. The number of hydrogen-bond donors (Lipinski definition) is 1. The second-order valence-electron chi connectivity index (χ2n) is 8.43. The highest BCUT2D eigenvalue weighted by Gasteiger charge is 2.20. The molecule has 1 aliphatic rings. The van der Waals surface area contributed by atoms with E-state index in [1.54, 1.807) is 6.07 Å². The van der Waals surface area contributed by atoms with Gasteiger partial charge in [0.2, 0.25) is 5.91 Å². The van der Waals surface area contributed by atoms with Crippen LogP contribution in [0.5, 0.6) is 0 Å². The Hall–Kier alpha value is -2.96. The second kappa shape index (κ2) is 10.1. The summed E-state index contributed by atoms with van der Waals surface area (Å²) in [5.41, 5.74) is 4.67. The van der Waals surface area contributed by atoms with Crippen LogP contribution in [0.25, 0.3) is 11.0 Å². The van der Waals surface area contributed by atoms with Crippen LogP contribution in [0.2, 0.25) is 0 Å². The van der Waals surface area contributed by atoms with Gasteiger partial charge in [0, 0.05) is 49.9 Å². The summed E-state index contributed by atoms with van der Waals surface area (Å²) in [5, 5.41) is 4.00. The number of aryl methyl sites for hydroxylation is 2. The van der Waals surface area contributed by atoms with Gasteiger partial charge in [-0.1, -0.05) is 32.0 Å². The quantitative estimate of drug-likeness (QED) is 0.576. The minimum absolute atomic E-state index is 0.0152. The van der Waals surface area contributed by atoms with E-state index in [-0.39, 0.29) is 11.5 Å². The van der Waals surface area contributed by atoms with Crippen molar-refractivity contribution in [3.05, 3.63) is 75.6 Å². The van der Waals surface area contributed by atoms with E-state index in [4.69, 9.17) is 4.42 Å². The molecular formula is C26H31N3O3. The van der Waals surface area contributed by atoms with E-state index >= 15 is 0 Å². The maximum absolute atomic E-state index is 12.4. The Morgan fingerprint density at radius 3 is 2.25 bits per heavy atom. The fourth-order valence-electron chi connectivity index (χ4n) is 4.20. The Labute approximate surface area is 188 Å². The van der Waals surface area contributed by atoms with Crippen LogP contribution in [0, 0.1) is 0 Å². The molecule has 4 rings (SSSR count). The van der Waals surface area contributed by atoms with Crippen LogP contribution in [-0.4, -0.2) is 48.4 Å². The molecule has 1 aromatic heterocycles. The molecule has 2 aromatic carbocycles. The van der Waals surface area contributed by atoms with Crippen LogP contribution in [-0.2, 0) is 24.2 Å². The van der Waals surface area contributed by atoms with Crippen molar-refractivity contribution in [3.8, 4) is 0 Å². The van der Waals surface area contributed by atoms with Crippen LogP contribution in [0.4, 0.5) is 5.69 Å². The third-order valence-electron chi connectivity index (χ3n) is 6.17. The van der Waals surface area contributed by atoms with Gasteiger partial charge in [-0.15, -0.1) is 0 Å². The Morgan fingerprint density at radius 2 is 1.56 bits per heavy atom. The number of benzene rings is 2. The van der Waals surface area contributed by atoms with Crippen molar-refractivity contribution in [2.24, 2.45) is 0 Å². The number of carbonyl (C=O) groups excluding carboxylic acids is 1. The molecule has 0 spiro atoms. The summed E-state index contributed by atoms with van der Waals surface area (Å²) in [6.07, 6.45) is 1.93. The number of anilines is 1. The van der Waals surface area contributed by atoms with Gasteiger partial charge < -0.3 is 9.73 Å². The zero-order chi connectivity index (χ0) is 22.5. The lowest BCUT2D eigenvalue weighted by Crippen LogP contribution is -2.48. The minimum Gasteiger partial charge on any atom is -0.423 e. The zero-order valence-corrected chi connectivity index (χ0v) is 18.9. The molecule has 0 bridgehead atoms. The molecule has 1 saturated heterocycles. The molecule has 0 atom stereocenters. The standard InChI is InChI=1S/C26H31N3O3/c1-3-19-5-8-22(9-6-19)27-25(30)18-29-13-11-28(12-14-29)17-21-16-26(31)32-24-10-7-20(4-2)15-23(21)24/h5-10,15-16H,3-4,11-14,17-18H2,1-2H3,(H,27,30). The summed E-state index contributed by atoms with van der Waals surface area (Å²) >= 11 is 0. The van der Waals surface area contributed by atoms with Crippen molar-refractivity contribution in [3.63, 3.8) is 0 Å². The molecule has 6 heteroatoms. The van der Waals surface area contributed by atoms with Crippen molar-refractivity contribution >= 4 is 22.6 Å². The molecule has 6 nitrogen and oxygen atoms in total. The summed E-state index contributed by atoms with van der Waals surface area (Å²) in [4.78, 5) is 29.0. The second-order valence-corrected chi connectivity index (χ2v) is 8.43. The molecule has 1 aliphatic heterocycles. The number of fused-ring (bicyclic) bond motifs is 1. The predicted molar refractivity (Wildman–Crippen MR) is 128 cm³/mol. The van der Waals surface area contributed by atoms with Crippen molar-refractivity contribution in [1.82, 2.24) is 9.80 Å². The van der Waals surface area contributed by atoms with Crippen molar-refractivity contribution in [2.45, 2.75) is 33.2 Å². The van der Waals surface area contributed by atoms with Crippen LogP contribution in [0.15, 0.2) is 57.7 Å². The van der Waals surface area contributed by atoms with Gasteiger partial charge in [0.15, 0.2) is 0 Å². The number of rotatable bonds is 7. The fraction of sp³-hybridized carbons (Fsp3) is 0.385. The van der Waals surface area contributed by atoms with Gasteiger partial charge in [-0.25, -0.2) is 4.79 Å². The number of amides is 1. The predicted octanol–water partition coefficient (Wildman–Crippen LogP) is 3.67. The summed E-state index contributed by atoms with van der Waals surface area (Å²) in [7, 11) is 0. The van der Waals surface area contributed by atoms with E-state index < -0.39 is 0 Å². The molecule has 32 heavy (non-hydrogen) atoms. The lowest BCUT2D eigenvalue weighted by Gasteiger charge is -2.34. The first-order valence-electron chi connectivity index (χ1n) is 11.4. The zero-order valence-electron chi connectivity index (χ0n) is 18.9. The molecule has 1 fully saturated rings. The Balaban J connectivity index is 1.33. The van der Waals surface area contributed by atoms with Gasteiger partial charge >= 0.3 is 5.63 Å². The van der Waals surface area contributed by atoms with Crippen LogP contribution in [0.3, 0.4) is 0 Å². The van der Waals surface area contributed by atoms with E-state index in [9.17, 15) is 9.59 Å². The molecule has 0 radical (unpaired) electrons. The molecule has 3 aromatic rings. The van der Waals surface area contributed by atoms with Gasteiger partial charge in [0.25, 0.3) is 0 Å². The lowest BCUT2D eigenvalue weighted by molar-refractivity contribution is -0.117. The number of nitrogens with zero attached hydrogens (tertiary/aromatic N) is 2. The highest BCUT2D eigenvalue weighted by molar-refractivity contribution is 5.92. The number of carbonyl (C=O) groups is 1. The topological polar surface area (TPSA) is 65.8 Å². The highest BCUT2D eigenvalue weighted by atomic mass is 16.4. The van der Waals surface area contributed by atoms with E-state index in [1.165, 1.54) is 11.1 Å². The fourth-order valence-corrected chi connectivity index (χ4v) is 4.20. The molecule has 0 aliphatic carbocycles. The maximum Gasteiger partial charge on any atom is 0.336 e. The molecule has 1 N–H and O–H groups in total. The van der Waals surface area contributed by atoms with Crippen LogP contribution < -0.4 is 10.9 Å². The van der Waals surface area contributed by atoms with Gasteiger partial charge in [-0.3, -0.25) is 14.6 Å². The van der Waals surface area contributed by atoms with Crippen LogP contribution >= 0.6 is 0 Å². The monoisotopic (exact) mass is 433 g/mol. The molecule has 168 valence electrons. The van der Waals surface area contributed by atoms with E-state index in [0.717, 1.165) is 55.7 Å². The lowest BCUT2D eigenvalue weighted by atomic mass is 10.0. The highest BCUT2D eigenvalue weighted by Crippen LogP contribution is 2.21. The molecular weight excluding hydrogens is 402 g/mol. The first-order chi connectivity index (χ1) is 15.5. The summed E-state index contributed by atoms with van der Waals surface area (Å²) in [6, 6.07) is 15.7. The normalized spacial score (nSPS) is 15.2. The third-order valence-corrected chi connectivity index (χ3v) is 6.17. The van der Waals surface area contributed by atoms with Gasteiger partial charge in [-0.05, 0) is 53.8 Å². The first-order valence-corrected chi connectivity index (χ1v) is 11.4. The van der Waals surface area contributed by atoms with E-state index in [2.05, 4.69) is 35.0 Å².